The number of carbonyl (C=O) groups excluding carboxylic acids is 1. The zero-order valence-electron chi connectivity index (χ0n) is 12.5. The Bertz CT molecular complexity index is 804. The summed E-state index contributed by atoms with van der Waals surface area (Å²) in [6, 6.07) is 13.0. The highest BCUT2D eigenvalue weighted by atomic mass is 79.9. The average molecular weight is 423 g/mol. The van der Waals surface area contributed by atoms with Gasteiger partial charge in [-0.3, -0.25) is 9.69 Å². The lowest BCUT2D eigenvalue weighted by Crippen LogP contribution is -2.28. The summed E-state index contributed by atoms with van der Waals surface area (Å²) in [7, 11) is 0. The number of rotatable bonds is 4. The van der Waals surface area contributed by atoms with Crippen LogP contribution >= 0.6 is 39.3 Å². The van der Waals surface area contributed by atoms with Gasteiger partial charge in [-0.25, -0.2) is 0 Å². The zero-order valence-corrected chi connectivity index (χ0v) is 15.7. The van der Waals surface area contributed by atoms with E-state index >= 15 is 0 Å². The number of benzene rings is 2. The first-order chi connectivity index (χ1) is 11.6. The number of hydrogen-bond donors (Lipinski definition) is 0. The number of thioether (sulfide) groups is 1. The van der Waals surface area contributed by atoms with Gasteiger partial charge in [-0.15, -0.1) is 18.2 Å². The monoisotopic (exact) mass is 421 g/mol. The van der Waals surface area contributed by atoms with Crippen LogP contribution in [0.2, 0.25) is 5.02 Å². The summed E-state index contributed by atoms with van der Waals surface area (Å²) < 4.78 is 6.58. The summed E-state index contributed by atoms with van der Waals surface area (Å²) in [5.41, 5.74) is 1.72. The van der Waals surface area contributed by atoms with E-state index in [2.05, 4.69) is 21.9 Å². The number of hydrogen-bond acceptors (Lipinski definition) is 3. The van der Waals surface area contributed by atoms with Crippen molar-refractivity contribution < 1.29 is 9.53 Å². The summed E-state index contributed by atoms with van der Waals surface area (Å²) in [5.74, 6) is 3.62. The molecule has 0 radical (unpaired) electrons. The van der Waals surface area contributed by atoms with Crippen molar-refractivity contribution >= 4 is 50.9 Å². The maximum absolute atomic E-state index is 12.4. The number of halogens is 2. The first-order valence-electron chi connectivity index (χ1n) is 7.15. The van der Waals surface area contributed by atoms with Crippen molar-refractivity contribution in [1.82, 2.24) is 0 Å². The highest BCUT2D eigenvalue weighted by Gasteiger charge is 2.35. The Hall–Kier alpha value is -1.61. The van der Waals surface area contributed by atoms with E-state index in [-0.39, 0.29) is 17.9 Å². The van der Waals surface area contributed by atoms with Gasteiger partial charge < -0.3 is 4.74 Å². The first kappa shape index (κ1) is 17.2. The summed E-state index contributed by atoms with van der Waals surface area (Å²) in [6.45, 7) is 0.181. The molecule has 0 aromatic heterocycles. The molecular weight excluding hydrogens is 410 g/mol. The lowest BCUT2D eigenvalue weighted by atomic mass is 10.1. The van der Waals surface area contributed by atoms with Gasteiger partial charge in [0.2, 0.25) is 5.91 Å². The van der Waals surface area contributed by atoms with E-state index in [9.17, 15) is 4.79 Å². The van der Waals surface area contributed by atoms with E-state index in [0.717, 1.165) is 15.7 Å². The van der Waals surface area contributed by atoms with Crippen molar-refractivity contribution in [2.24, 2.45) is 0 Å². The van der Waals surface area contributed by atoms with Crippen LogP contribution in [0.5, 0.6) is 5.75 Å². The molecule has 0 N–H and O–H groups in total. The molecule has 1 aliphatic heterocycles. The van der Waals surface area contributed by atoms with E-state index in [1.54, 1.807) is 28.8 Å². The number of terminal acetylenes is 1. The van der Waals surface area contributed by atoms with Crippen molar-refractivity contribution in [3.63, 3.8) is 0 Å². The normalized spacial score (nSPS) is 17.0. The van der Waals surface area contributed by atoms with Crippen molar-refractivity contribution in [3.05, 3.63) is 57.5 Å². The number of ether oxygens (including phenoxy) is 1. The van der Waals surface area contributed by atoms with Crippen LogP contribution in [-0.2, 0) is 4.79 Å². The second kappa shape index (κ2) is 7.52. The van der Waals surface area contributed by atoms with Gasteiger partial charge in [0.05, 0.1) is 5.75 Å². The molecule has 3 nitrogen and oxygen atoms in total. The first-order valence-corrected chi connectivity index (χ1v) is 9.37. The second-order valence-corrected chi connectivity index (χ2v) is 7.50. The molecule has 0 saturated carbocycles. The van der Waals surface area contributed by atoms with Gasteiger partial charge in [-0.2, -0.15) is 0 Å². The van der Waals surface area contributed by atoms with Crippen LogP contribution in [0.15, 0.2) is 46.9 Å². The van der Waals surface area contributed by atoms with E-state index in [0.29, 0.717) is 16.5 Å². The van der Waals surface area contributed by atoms with Gasteiger partial charge >= 0.3 is 0 Å². The third-order valence-electron chi connectivity index (χ3n) is 3.52. The van der Waals surface area contributed by atoms with Gasteiger partial charge in [-0.05, 0) is 42.5 Å². The molecule has 1 heterocycles. The summed E-state index contributed by atoms with van der Waals surface area (Å²) in [5, 5.41) is 0.457. The van der Waals surface area contributed by atoms with Crippen LogP contribution in [0, 0.1) is 12.3 Å². The van der Waals surface area contributed by atoms with Gasteiger partial charge in [0.1, 0.15) is 17.7 Å². The van der Waals surface area contributed by atoms with Crippen LogP contribution in [0.1, 0.15) is 10.9 Å². The molecule has 2 aromatic rings. The minimum atomic E-state index is -0.177. The predicted octanol–water partition coefficient (Wildman–Crippen LogP) is 4.89. The summed E-state index contributed by atoms with van der Waals surface area (Å²) in [4.78, 5) is 14.2. The molecule has 24 heavy (non-hydrogen) atoms. The van der Waals surface area contributed by atoms with Crippen LogP contribution in [0.3, 0.4) is 0 Å². The Labute approximate surface area is 158 Å². The van der Waals surface area contributed by atoms with Crippen molar-refractivity contribution in [3.8, 4) is 18.1 Å². The third kappa shape index (κ3) is 3.56. The Morgan fingerprint density at radius 3 is 2.79 bits per heavy atom. The molecule has 122 valence electrons. The van der Waals surface area contributed by atoms with Gasteiger partial charge in [0.25, 0.3) is 0 Å². The van der Waals surface area contributed by atoms with Crippen LogP contribution < -0.4 is 9.64 Å². The SMILES string of the molecule is C#CCOc1ccc(Br)cc1[C@H]1SCC(=O)N1c1ccc(Cl)cc1. The predicted molar refractivity (Wildman–Crippen MR) is 103 cm³/mol. The molecule has 0 bridgehead atoms. The topological polar surface area (TPSA) is 29.5 Å². The molecule has 2 aromatic carbocycles. The summed E-state index contributed by atoms with van der Waals surface area (Å²) >= 11 is 11.0. The maximum atomic E-state index is 12.4. The minimum absolute atomic E-state index is 0.0511. The molecule has 6 heteroatoms. The van der Waals surface area contributed by atoms with Crippen molar-refractivity contribution in [1.29, 1.82) is 0 Å². The summed E-state index contributed by atoms with van der Waals surface area (Å²) in [6.07, 6.45) is 5.30. The fourth-order valence-corrected chi connectivity index (χ4v) is 4.19. The quantitative estimate of drug-likeness (QED) is 0.657. The highest BCUT2D eigenvalue weighted by Crippen LogP contribution is 2.45. The molecule has 0 unspecified atom stereocenters. The Balaban J connectivity index is 2.01. The van der Waals surface area contributed by atoms with E-state index < -0.39 is 0 Å². The molecular formula is C18H13BrClNO2S. The Morgan fingerprint density at radius 2 is 2.08 bits per heavy atom. The van der Waals surface area contributed by atoms with Crippen LogP contribution in [-0.4, -0.2) is 18.3 Å². The van der Waals surface area contributed by atoms with Crippen molar-refractivity contribution in [2.45, 2.75) is 5.37 Å². The molecule has 0 aliphatic carbocycles. The fourth-order valence-electron chi connectivity index (χ4n) is 2.50. The van der Waals surface area contributed by atoms with E-state index in [1.165, 1.54) is 0 Å². The number of carbonyl (C=O) groups is 1. The number of amides is 1. The minimum Gasteiger partial charge on any atom is -0.481 e. The van der Waals surface area contributed by atoms with Gasteiger partial charge in [0, 0.05) is 20.7 Å². The standard InChI is InChI=1S/C18H13BrClNO2S/c1-2-9-23-16-8-3-12(19)10-15(16)18-21(17(22)11-24-18)14-6-4-13(20)5-7-14/h1,3-8,10,18H,9,11H2/t18-/m1/s1. The maximum Gasteiger partial charge on any atom is 0.238 e. The third-order valence-corrected chi connectivity index (χ3v) is 5.46. The largest absolute Gasteiger partial charge is 0.481 e. The average Bonchev–Trinajstić information content (AvgIpc) is 2.96. The highest BCUT2D eigenvalue weighted by molar-refractivity contribution is 9.10. The van der Waals surface area contributed by atoms with Gasteiger partial charge in [-0.1, -0.05) is 33.5 Å². The smallest absolute Gasteiger partial charge is 0.238 e. The molecule has 1 saturated heterocycles. The molecule has 1 amide bonds. The van der Waals surface area contributed by atoms with E-state index in [4.69, 9.17) is 22.8 Å². The second-order valence-electron chi connectivity index (χ2n) is 5.08. The Morgan fingerprint density at radius 1 is 1.33 bits per heavy atom. The lowest BCUT2D eigenvalue weighted by Gasteiger charge is -2.26. The van der Waals surface area contributed by atoms with Crippen molar-refractivity contribution in [2.75, 3.05) is 17.3 Å². The lowest BCUT2D eigenvalue weighted by molar-refractivity contribution is -0.115. The van der Waals surface area contributed by atoms with Crippen LogP contribution in [0.4, 0.5) is 5.69 Å². The molecule has 1 atom stereocenters. The molecule has 3 rings (SSSR count). The number of anilines is 1. The van der Waals surface area contributed by atoms with Gasteiger partial charge in [0.15, 0.2) is 0 Å². The van der Waals surface area contributed by atoms with Crippen LogP contribution in [0.25, 0.3) is 0 Å². The van der Waals surface area contributed by atoms with E-state index in [1.807, 2.05) is 30.3 Å². The molecule has 0 spiro atoms. The molecule has 1 fully saturated rings. The molecule has 1 aliphatic rings. The zero-order chi connectivity index (χ0) is 17.1. The number of nitrogens with zero attached hydrogens (tertiary/aromatic N) is 1. The fraction of sp³-hybridized carbons (Fsp3) is 0.167. The Kier molecular flexibility index (Phi) is 5.40.